The minimum absolute atomic E-state index is 0.249. The van der Waals surface area contributed by atoms with Crippen LogP contribution in [0.3, 0.4) is 0 Å². The molecule has 0 amide bonds. The maximum atomic E-state index is 5.36. The molecule has 19 heavy (non-hydrogen) atoms. The highest BCUT2D eigenvalue weighted by Gasteiger charge is 2.24. The molecule has 1 fully saturated rings. The summed E-state index contributed by atoms with van der Waals surface area (Å²) >= 11 is 0. The Labute approximate surface area is 109 Å². The average molecular weight is 256 g/mol. The minimum Gasteiger partial charge on any atom is -0.381 e. The zero-order valence-corrected chi connectivity index (χ0v) is 10.2. The van der Waals surface area contributed by atoms with Gasteiger partial charge < -0.3 is 9.26 Å². The van der Waals surface area contributed by atoms with E-state index in [1.54, 1.807) is 10.7 Å². The van der Waals surface area contributed by atoms with Gasteiger partial charge in [0.1, 0.15) is 0 Å². The zero-order valence-electron chi connectivity index (χ0n) is 10.2. The van der Waals surface area contributed by atoms with Crippen LogP contribution < -0.4 is 0 Å². The molecule has 6 heteroatoms. The highest BCUT2D eigenvalue weighted by Crippen LogP contribution is 2.27. The van der Waals surface area contributed by atoms with Gasteiger partial charge in [0.05, 0.1) is 23.9 Å². The maximum absolute atomic E-state index is 5.36. The van der Waals surface area contributed by atoms with Crippen LogP contribution in [0, 0.1) is 0 Å². The van der Waals surface area contributed by atoms with Crippen molar-refractivity contribution >= 4 is 5.52 Å². The van der Waals surface area contributed by atoms with E-state index in [4.69, 9.17) is 9.26 Å². The molecular formula is C13H12N4O2. The van der Waals surface area contributed by atoms with Crippen molar-refractivity contribution in [3.8, 4) is 11.5 Å². The molecule has 0 N–H and O–H groups in total. The van der Waals surface area contributed by atoms with E-state index in [1.807, 2.05) is 24.4 Å². The van der Waals surface area contributed by atoms with E-state index in [1.165, 1.54) is 0 Å². The van der Waals surface area contributed by atoms with E-state index in [2.05, 4.69) is 15.2 Å². The summed E-state index contributed by atoms with van der Waals surface area (Å²) in [4.78, 5) is 4.47. The summed E-state index contributed by atoms with van der Waals surface area (Å²) in [5.41, 5.74) is 1.82. The fraction of sp³-hybridized carbons (Fsp3) is 0.308. The fourth-order valence-corrected chi connectivity index (χ4v) is 2.35. The van der Waals surface area contributed by atoms with Crippen molar-refractivity contribution < 1.29 is 9.26 Å². The summed E-state index contributed by atoms with van der Waals surface area (Å²) in [6.45, 7) is 1.44. The van der Waals surface area contributed by atoms with Gasteiger partial charge in [-0.15, -0.1) is 0 Å². The Kier molecular flexibility index (Phi) is 2.34. The van der Waals surface area contributed by atoms with E-state index < -0.39 is 0 Å². The monoisotopic (exact) mass is 256 g/mol. The fourth-order valence-electron chi connectivity index (χ4n) is 2.35. The van der Waals surface area contributed by atoms with Crippen molar-refractivity contribution in [1.82, 2.24) is 19.8 Å². The normalized spacial score (nSPS) is 19.3. The SMILES string of the molecule is c1ccn2ncc(-c3nc([C@H]4CCOC4)no3)c2c1. The smallest absolute Gasteiger partial charge is 0.261 e. The standard InChI is InChI=1S/C13H12N4O2/c1-2-5-17-11(3-1)10(7-14-17)13-15-12(16-19-13)9-4-6-18-8-9/h1-3,5,7,9H,4,6,8H2/t9-/m0/s1. The molecule has 0 bridgehead atoms. The van der Waals surface area contributed by atoms with Gasteiger partial charge in [-0.3, -0.25) is 0 Å². The molecule has 0 aromatic carbocycles. The number of pyridine rings is 1. The zero-order chi connectivity index (χ0) is 12.7. The summed E-state index contributed by atoms with van der Waals surface area (Å²) in [6, 6.07) is 5.87. The Balaban J connectivity index is 1.76. The largest absolute Gasteiger partial charge is 0.381 e. The molecule has 1 aliphatic heterocycles. The van der Waals surface area contributed by atoms with Gasteiger partial charge in [-0.2, -0.15) is 10.1 Å². The molecule has 3 aromatic heterocycles. The molecule has 6 nitrogen and oxygen atoms in total. The maximum Gasteiger partial charge on any atom is 0.261 e. The number of hydrogen-bond acceptors (Lipinski definition) is 5. The van der Waals surface area contributed by atoms with Crippen LogP contribution in [0.1, 0.15) is 18.2 Å². The molecule has 0 saturated carbocycles. The van der Waals surface area contributed by atoms with Crippen molar-refractivity contribution in [2.75, 3.05) is 13.2 Å². The first-order valence-corrected chi connectivity index (χ1v) is 6.26. The average Bonchev–Trinajstić information content (AvgIpc) is 3.18. The lowest BCUT2D eigenvalue weighted by atomic mass is 10.1. The summed E-state index contributed by atoms with van der Waals surface area (Å²) in [5, 5.41) is 8.32. The third-order valence-corrected chi connectivity index (χ3v) is 3.39. The second-order valence-electron chi connectivity index (χ2n) is 4.61. The third-order valence-electron chi connectivity index (χ3n) is 3.39. The van der Waals surface area contributed by atoms with Crippen LogP contribution in [-0.4, -0.2) is 33.0 Å². The van der Waals surface area contributed by atoms with Gasteiger partial charge in [-0.25, -0.2) is 4.52 Å². The van der Waals surface area contributed by atoms with Crippen LogP contribution in [0.15, 0.2) is 35.1 Å². The van der Waals surface area contributed by atoms with Crippen molar-refractivity contribution in [2.45, 2.75) is 12.3 Å². The van der Waals surface area contributed by atoms with Crippen LogP contribution >= 0.6 is 0 Å². The number of hydrogen-bond donors (Lipinski definition) is 0. The Morgan fingerprint density at radius 2 is 2.32 bits per heavy atom. The van der Waals surface area contributed by atoms with Gasteiger partial charge in [-0.1, -0.05) is 11.2 Å². The van der Waals surface area contributed by atoms with E-state index in [0.717, 1.165) is 29.9 Å². The first kappa shape index (κ1) is 10.7. The van der Waals surface area contributed by atoms with Crippen molar-refractivity contribution in [1.29, 1.82) is 0 Å². The molecule has 4 rings (SSSR count). The first-order valence-electron chi connectivity index (χ1n) is 6.26. The summed E-state index contributed by atoms with van der Waals surface area (Å²) < 4.78 is 12.5. The van der Waals surface area contributed by atoms with E-state index in [0.29, 0.717) is 12.5 Å². The lowest BCUT2D eigenvalue weighted by Gasteiger charge is -1.97. The first-order chi connectivity index (χ1) is 9.42. The molecule has 0 radical (unpaired) electrons. The molecule has 4 heterocycles. The number of ether oxygens (including phenoxy) is 1. The molecule has 1 atom stereocenters. The number of aromatic nitrogens is 4. The van der Waals surface area contributed by atoms with Gasteiger partial charge in [0, 0.05) is 18.7 Å². The quantitative estimate of drug-likeness (QED) is 0.700. The van der Waals surface area contributed by atoms with Crippen LogP contribution in [0.2, 0.25) is 0 Å². The van der Waals surface area contributed by atoms with Gasteiger partial charge >= 0.3 is 0 Å². The summed E-state index contributed by atoms with van der Waals surface area (Å²) in [6.07, 6.45) is 4.59. The third kappa shape index (κ3) is 1.72. The van der Waals surface area contributed by atoms with Gasteiger partial charge in [-0.05, 0) is 18.6 Å². The van der Waals surface area contributed by atoms with Crippen LogP contribution in [0.25, 0.3) is 17.0 Å². The Hall–Kier alpha value is -2.21. The van der Waals surface area contributed by atoms with Crippen LogP contribution in [-0.2, 0) is 4.74 Å². The van der Waals surface area contributed by atoms with Crippen molar-refractivity contribution in [2.24, 2.45) is 0 Å². The van der Waals surface area contributed by atoms with E-state index in [9.17, 15) is 0 Å². The molecule has 1 saturated heterocycles. The number of fused-ring (bicyclic) bond motifs is 1. The second-order valence-corrected chi connectivity index (χ2v) is 4.61. The summed E-state index contributed by atoms with van der Waals surface area (Å²) in [7, 11) is 0. The van der Waals surface area contributed by atoms with Gasteiger partial charge in [0.25, 0.3) is 5.89 Å². The second kappa shape index (κ2) is 4.17. The van der Waals surface area contributed by atoms with Crippen LogP contribution in [0.5, 0.6) is 0 Å². The van der Waals surface area contributed by atoms with Crippen LogP contribution in [0.4, 0.5) is 0 Å². The minimum atomic E-state index is 0.249. The Bertz CT molecular complexity index is 712. The topological polar surface area (TPSA) is 65.5 Å². The van der Waals surface area contributed by atoms with Crippen molar-refractivity contribution in [3.05, 3.63) is 36.4 Å². The van der Waals surface area contributed by atoms with E-state index in [-0.39, 0.29) is 5.92 Å². The van der Waals surface area contributed by atoms with Gasteiger partial charge in [0.2, 0.25) is 0 Å². The predicted molar refractivity (Wildman–Crippen MR) is 66.7 cm³/mol. The van der Waals surface area contributed by atoms with Crippen molar-refractivity contribution in [3.63, 3.8) is 0 Å². The van der Waals surface area contributed by atoms with E-state index >= 15 is 0 Å². The van der Waals surface area contributed by atoms with Gasteiger partial charge in [0.15, 0.2) is 5.82 Å². The number of rotatable bonds is 2. The highest BCUT2D eigenvalue weighted by atomic mass is 16.5. The Morgan fingerprint density at radius 3 is 3.21 bits per heavy atom. The Morgan fingerprint density at radius 1 is 1.32 bits per heavy atom. The molecule has 0 unspecified atom stereocenters. The molecule has 0 spiro atoms. The number of nitrogens with zero attached hydrogens (tertiary/aromatic N) is 4. The highest BCUT2D eigenvalue weighted by molar-refractivity contribution is 5.74. The molecular weight excluding hydrogens is 244 g/mol. The molecule has 0 aliphatic carbocycles. The molecule has 3 aromatic rings. The lowest BCUT2D eigenvalue weighted by molar-refractivity contribution is 0.192. The predicted octanol–water partition coefficient (Wildman–Crippen LogP) is 1.89. The molecule has 96 valence electrons. The summed E-state index contributed by atoms with van der Waals surface area (Å²) in [5.74, 6) is 1.49. The molecule has 1 aliphatic rings. The lowest BCUT2D eigenvalue weighted by Crippen LogP contribution is -1.99.